The molecule has 0 saturated carbocycles. The average molecular weight is 325 g/mol. The Morgan fingerprint density at radius 1 is 0.640 bits per heavy atom. The van der Waals surface area contributed by atoms with Crippen LogP contribution in [0, 0.1) is 0 Å². The van der Waals surface area contributed by atoms with Crippen LogP contribution in [0.4, 0.5) is 5.69 Å². The maximum absolute atomic E-state index is 5.85. The van der Waals surface area contributed by atoms with Crippen molar-refractivity contribution in [2.45, 2.75) is 6.61 Å². The highest BCUT2D eigenvalue weighted by molar-refractivity contribution is 5.89. The van der Waals surface area contributed by atoms with E-state index in [1.54, 1.807) is 0 Å². The SMILES string of the molecule is Nc1ccc2cc(-c3ccc(OCc4ccccc4)cc3)ccc2c1. The predicted molar refractivity (Wildman–Crippen MR) is 105 cm³/mol. The molecule has 0 atom stereocenters. The van der Waals surface area contributed by atoms with Gasteiger partial charge in [-0.15, -0.1) is 0 Å². The second kappa shape index (κ2) is 6.70. The first-order valence-electron chi connectivity index (χ1n) is 8.34. The first-order valence-corrected chi connectivity index (χ1v) is 8.34. The van der Waals surface area contributed by atoms with Crippen LogP contribution in [0.1, 0.15) is 5.56 Å². The highest BCUT2D eigenvalue weighted by Crippen LogP contribution is 2.27. The summed E-state index contributed by atoms with van der Waals surface area (Å²) in [6.07, 6.45) is 0. The lowest BCUT2D eigenvalue weighted by Gasteiger charge is -2.08. The number of hydrogen-bond donors (Lipinski definition) is 1. The maximum atomic E-state index is 5.85. The van der Waals surface area contributed by atoms with Gasteiger partial charge in [0.2, 0.25) is 0 Å². The Hall–Kier alpha value is -3.26. The van der Waals surface area contributed by atoms with Crippen LogP contribution in [0.2, 0.25) is 0 Å². The molecule has 0 heterocycles. The number of ether oxygens (including phenoxy) is 1. The van der Waals surface area contributed by atoms with Gasteiger partial charge >= 0.3 is 0 Å². The Morgan fingerprint density at radius 2 is 1.32 bits per heavy atom. The number of fused-ring (bicyclic) bond motifs is 1. The molecule has 0 aliphatic heterocycles. The maximum Gasteiger partial charge on any atom is 0.119 e. The van der Waals surface area contributed by atoms with Gasteiger partial charge in [0.1, 0.15) is 12.4 Å². The Bertz CT molecular complexity index is 991. The molecular weight excluding hydrogens is 306 g/mol. The van der Waals surface area contributed by atoms with E-state index in [2.05, 4.69) is 48.5 Å². The molecule has 4 aromatic carbocycles. The first kappa shape index (κ1) is 15.3. The van der Waals surface area contributed by atoms with Gasteiger partial charge in [0.05, 0.1) is 0 Å². The van der Waals surface area contributed by atoms with Crippen molar-refractivity contribution in [3.8, 4) is 16.9 Å². The summed E-state index contributed by atoms with van der Waals surface area (Å²) in [5.41, 5.74) is 10.2. The molecule has 25 heavy (non-hydrogen) atoms. The Morgan fingerprint density at radius 3 is 2.12 bits per heavy atom. The quantitative estimate of drug-likeness (QED) is 0.491. The molecular formula is C23H19NO. The first-order chi connectivity index (χ1) is 12.3. The van der Waals surface area contributed by atoms with Gasteiger partial charge in [-0.3, -0.25) is 0 Å². The van der Waals surface area contributed by atoms with Crippen LogP contribution in [0.5, 0.6) is 5.75 Å². The Balaban J connectivity index is 1.52. The van der Waals surface area contributed by atoms with Gasteiger partial charge in [-0.2, -0.15) is 0 Å². The highest BCUT2D eigenvalue weighted by atomic mass is 16.5. The zero-order valence-corrected chi connectivity index (χ0v) is 13.9. The van der Waals surface area contributed by atoms with Crippen LogP contribution in [-0.2, 0) is 6.61 Å². The molecule has 0 radical (unpaired) electrons. The average Bonchev–Trinajstić information content (AvgIpc) is 2.67. The number of anilines is 1. The van der Waals surface area contributed by atoms with Crippen molar-refractivity contribution in [2.24, 2.45) is 0 Å². The summed E-state index contributed by atoms with van der Waals surface area (Å²) in [6.45, 7) is 0.581. The van der Waals surface area contributed by atoms with E-state index in [0.717, 1.165) is 16.8 Å². The largest absolute Gasteiger partial charge is 0.489 e. The summed E-state index contributed by atoms with van der Waals surface area (Å²) >= 11 is 0. The molecule has 4 aromatic rings. The zero-order chi connectivity index (χ0) is 17.1. The van der Waals surface area contributed by atoms with Gasteiger partial charge in [-0.05, 0) is 57.8 Å². The summed E-state index contributed by atoms with van der Waals surface area (Å²) in [5, 5.41) is 2.35. The molecule has 2 nitrogen and oxygen atoms in total. The topological polar surface area (TPSA) is 35.2 Å². The number of nitrogen functional groups attached to an aromatic ring is 1. The fourth-order valence-electron chi connectivity index (χ4n) is 2.93. The minimum Gasteiger partial charge on any atom is -0.489 e. The second-order valence-electron chi connectivity index (χ2n) is 6.12. The molecule has 0 saturated heterocycles. The van der Waals surface area contributed by atoms with Crippen molar-refractivity contribution in [1.82, 2.24) is 0 Å². The van der Waals surface area contributed by atoms with E-state index in [1.165, 1.54) is 22.1 Å². The second-order valence-corrected chi connectivity index (χ2v) is 6.12. The normalized spacial score (nSPS) is 10.7. The summed E-state index contributed by atoms with van der Waals surface area (Å²) in [6, 6.07) is 30.8. The van der Waals surface area contributed by atoms with Gasteiger partial charge in [-0.1, -0.05) is 60.7 Å². The van der Waals surface area contributed by atoms with E-state index < -0.39 is 0 Å². The minimum atomic E-state index is 0.581. The third kappa shape index (κ3) is 3.48. The molecule has 0 unspecified atom stereocenters. The molecule has 0 bridgehead atoms. The molecule has 122 valence electrons. The minimum absolute atomic E-state index is 0.581. The lowest BCUT2D eigenvalue weighted by atomic mass is 10.0. The van der Waals surface area contributed by atoms with E-state index >= 15 is 0 Å². The summed E-state index contributed by atoms with van der Waals surface area (Å²) in [7, 11) is 0. The van der Waals surface area contributed by atoms with Crippen LogP contribution in [0.15, 0.2) is 91.0 Å². The Kier molecular flexibility index (Phi) is 4.09. The molecule has 2 heteroatoms. The molecule has 0 fully saturated rings. The van der Waals surface area contributed by atoms with Gasteiger partial charge < -0.3 is 10.5 Å². The van der Waals surface area contributed by atoms with E-state index in [9.17, 15) is 0 Å². The van der Waals surface area contributed by atoms with Crippen LogP contribution in [-0.4, -0.2) is 0 Å². The summed E-state index contributed by atoms with van der Waals surface area (Å²) in [4.78, 5) is 0. The number of hydrogen-bond acceptors (Lipinski definition) is 2. The van der Waals surface area contributed by atoms with E-state index in [0.29, 0.717) is 6.61 Å². The number of nitrogens with two attached hydrogens (primary N) is 1. The molecule has 4 rings (SSSR count). The number of benzene rings is 4. The molecule has 0 spiro atoms. The predicted octanol–water partition coefficient (Wildman–Crippen LogP) is 5.67. The van der Waals surface area contributed by atoms with Gasteiger partial charge in [0.25, 0.3) is 0 Å². The van der Waals surface area contributed by atoms with Crippen molar-refractivity contribution >= 4 is 16.5 Å². The van der Waals surface area contributed by atoms with E-state index in [1.807, 2.05) is 42.5 Å². The third-order valence-corrected chi connectivity index (χ3v) is 4.30. The summed E-state index contributed by atoms with van der Waals surface area (Å²) in [5.74, 6) is 0.876. The van der Waals surface area contributed by atoms with Crippen LogP contribution < -0.4 is 10.5 Å². The van der Waals surface area contributed by atoms with E-state index in [-0.39, 0.29) is 0 Å². The molecule has 2 N–H and O–H groups in total. The van der Waals surface area contributed by atoms with Gasteiger partial charge in [0.15, 0.2) is 0 Å². The zero-order valence-electron chi connectivity index (χ0n) is 13.9. The van der Waals surface area contributed by atoms with Crippen molar-refractivity contribution < 1.29 is 4.74 Å². The van der Waals surface area contributed by atoms with Crippen LogP contribution in [0.3, 0.4) is 0 Å². The number of rotatable bonds is 4. The fraction of sp³-hybridized carbons (Fsp3) is 0.0435. The Labute approximate surface area is 147 Å². The van der Waals surface area contributed by atoms with Crippen LogP contribution >= 0.6 is 0 Å². The smallest absolute Gasteiger partial charge is 0.119 e. The lowest BCUT2D eigenvalue weighted by Crippen LogP contribution is -1.94. The van der Waals surface area contributed by atoms with Gasteiger partial charge in [-0.25, -0.2) is 0 Å². The van der Waals surface area contributed by atoms with Crippen LogP contribution in [0.25, 0.3) is 21.9 Å². The lowest BCUT2D eigenvalue weighted by molar-refractivity contribution is 0.306. The molecule has 0 aromatic heterocycles. The molecule has 0 aliphatic rings. The molecule has 0 aliphatic carbocycles. The monoisotopic (exact) mass is 325 g/mol. The molecule has 0 amide bonds. The van der Waals surface area contributed by atoms with Gasteiger partial charge in [0, 0.05) is 5.69 Å². The third-order valence-electron chi connectivity index (χ3n) is 4.30. The highest BCUT2D eigenvalue weighted by Gasteiger charge is 2.02. The fourth-order valence-corrected chi connectivity index (χ4v) is 2.93. The van der Waals surface area contributed by atoms with Crippen molar-refractivity contribution in [3.05, 3.63) is 96.6 Å². The van der Waals surface area contributed by atoms with Crippen molar-refractivity contribution in [3.63, 3.8) is 0 Å². The standard InChI is InChI=1S/C23H19NO/c24-22-11-8-20-14-19(6-7-21(20)15-22)18-9-12-23(13-10-18)25-16-17-4-2-1-3-5-17/h1-15H,16,24H2. The van der Waals surface area contributed by atoms with Crippen molar-refractivity contribution in [2.75, 3.05) is 5.73 Å². The van der Waals surface area contributed by atoms with E-state index in [4.69, 9.17) is 10.5 Å². The van der Waals surface area contributed by atoms with Crippen molar-refractivity contribution in [1.29, 1.82) is 0 Å². The summed E-state index contributed by atoms with van der Waals surface area (Å²) < 4.78 is 5.85.